The Morgan fingerprint density at radius 3 is 3.00 bits per heavy atom. The number of halogens is 1. The number of benzene rings is 1. The fraction of sp³-hybridized carbons (Fsp3) is 0.368. The minimum atomic E-state index is -1.23. The van der Waals surface area contributed by atoms with Crippen LogP contribution in [-0.2, 0) is 15.1 Å². The van der Waals surface area contributed by atoms with Crippen LogP contribution in [0.25, 0.3) is 0 Å². The van der Waals surface area contributed by atoms with E-state index < -0.39 is 17.3 Å². The Morgan fingerprint density at radius 2 is 2.21 bits per heavy atom. The van der Waals surface area contributed by atoms with Crippen molar-refractivity contribution in [3.63, 3.8) is 0 Å². The van der Waals surface area contributed by atoms with Gasteiger partial charge in [-0.1, -0.05) is 0 Å². The van der Waals surface area contributed by atoms with Crippen LogP contribution in [0.2, 0.25) is 0 Å². The van der Waals surface area contributed by atoms with Gasteiger partial charge in [-0.2, -0.15) is 4.98 Å². The van der Waals surface area contributed by atoms with Crippen molar-refractivity contribution < 1.29 is 18.7 Å². The van der Waals surface area contributed by atoms with Crippen molar-refractivity contribution in [3.05, 3.63) is 47.7 Å². The molecule has 1 aromatic carbocycles. The summed E-state index contributed by atoms with van der Waals surface area (Å²) in [5, 5.41) is 0. The van der Waals surface area contributed by atoms with E-state index in [4.69, 9.17) is 15.2 Å². The lowest BCUT2D eigenvalue weighted by Crippen LogP contribution is -2.58. The molecule has 146 valence electrons. The van der Waals surface area contributed by atoms with Crippen molar-refractivity contribution in [2.75, 3.05) is 20.3 Å². The van der Waals surface area contributed by atoms with E-state index in [1.165, 1.54) is 23.1 Å². The Kier molecular flexibility index (Phi) is 4.46. The molecular weight excluding hydrogens is 365 g/mol. The zero-order valence-corrected chi connectivity index (χ0v) is 15.6. The number of hydrogen-bond donors (Lipinski definition) is 1. The molecule has 1 aromatic heterocycles. The molecule has 2 unspecified atom stereocenters. The summed E-state index contributed by atoms with van der Waals surface area (Å²) in [6.45, 7) is 2.21. The second-order valence-corrected chi connectivity index (χ2v) is 6.87. The number of hydrogen-bond acceptors (Lipinski definition) is 7. The highest BCUT2D eigenvalue weighted by Gasteiger charge is 2.52. The third kappa shape index (κ3) is 2.97. The fourth-order valence-electron chi connectivity index (χ4n) is 3.67. The van der Waals surface area contributed by atoms with E-state index in [1.807, 2.05) is 0 Å². The van der Waals surface area contributed by atoms with Crippen molar-refractivity contribution in [2.45, 2.75) is 18.9 Å². The zero-order chi connectivity index (χ0) is 19.9. The summed E-state index contributed by atoms with van der Waals surface area (Å²) in [4.78, 5) is 26.8. The summed E-state index contributed by atoms with van der Waals surface area (Å²) in [7, 11) is 1.56. The van der Waals surface area contributed by atoms with Crippen molar-refractivity contribution in [2.24, 2.45) is 16.6 Å². The van der Waals surface area contributed by atoms with E-state index in [0.29, 0.717) is 30.5 Å². The molecule has 2 atom stereocenters. The van der Waals surface area contributed by atoms with Gasteiger partial charge in [0.25, 0.3) is 0 Å². The van der Waals surface area contributed by atoms with E-state index in [1.54, 1.807) is 26.2 Å². The molecule has 2 aliphatic heterocycles. The number of nitrogens with zero attached hydrogens (tertiary/aromatic N) is 4. The number of aliphatic imine (C=N–C) groups is 1. The van der Waals surface area contributed by atoms with Crippen LogP contribution in [0.15, 0.2) is 35.5 Å². The Balaban J connectivity index is 1.79. The van der Waals surface area contributed by atoms with Crippen LogP contribution in [-0.4, -0.2) is 47.0 Å². The van der Waals surface area contributed by atoms with Crippen molar-refractivity contribution in [1.29, 1.82) is 0 Å². The van der Waals surface area contributed by atoms with Gasteiger partial charge in [-0.15, -0.1) is 0 Å². The summed E-state index contributed by atoms with van der Waals surface area (Å²) >= 11 is 0. The van der Waals surface area contributed by atoms with Crippen LogP contribution >= 0.6 is 0 Å². The number of rotatable bonds is 3. The molecule has 1 fully saturated rings. The topological polar surface area (TPSA) is 103 Å². The van der Waals surface area contributed by atoms with E-state index in [-0.39, 0.29) is 24.0 Å². The molecule has 2 aromatic rings. The molecule has 0 saturated carbocycles. The Bertz CT molecular complexity index is 966. The van der Waals surface area contributed by atoms with Crippen LogP contribution in [0, 0.1) is 18.7 Å². The number of ether oxygens (including phenoxy) is 2. The van der Waals surface area contributed by atoms with E-state index in [9.17, 15) is 9.18 Å². The Hall–Kier alpha value is -3.07. The average molecular weight is 385 g/mol. The van der Waals surface area contributed by atoms with E-state index in [2.05, 4.69) is 15.0 Å². The molecule has 1 saturated heterocycles. The van der Waals surface area contributed by atoms with Crippen molar-refractivity contribution >= 4 is 11.9 Å². The maximum atomic E-state index is 14.9. The SMILES string of the molecule is Cc1nccc(Oc2ccc(F)c(C34COCCC3C(=O)N(C)C(N)=N4)c2)n1. The van der Waals surface area contributed by atoms with Crippen LogP contribution in [0.1, 0.15) is 17.8 Å². The molecule has 3 heterocycles. The molecule has 2 aliphatic rings. The predicted molar refractivity (Wildman–Crippen MR) is 98.2 cm³/mol. The van der Waals surface area contributed by atoms with Gasteiger partial charge in [-0.3, -0.25) is 9.69 Å². The lowest BCUT2D eigenvalue weighted by atomic mass is 9.74. The van der Waals surface area contributed by atoms with Gasteiger partial charge >= 0.3 is 0 Å². The maximum absolute atomic E-state index is 14.9. The second kappa shape index (κ2) is 6.83. The van der Waals surface area contributed by atoms with E-state index in [0.717, 1.165) is 0 Å². The highest BCUT2D eigenvalue weighted by molar-refractivity contribution is 6.00. The molecule has 0 spiro atoms. The molecule has 28 heavy (non-hydrogen) atoms. The number of aromatic nitrogens is 2. The molecule has 0 radical (unpaired) electrons. The molecule has 0 bridgehead atoms. The van der Waals surface area contributed by atoms with Crippen molar-refractivity contribution in [3.8, 4) is 11.6 Å². The number of carbonyl (C=O) groups excluding carboxylic acids is 1. The van der Waals surface area contributed by atoms with Crippen LogP contribution < -0.4 is 10.5 Å². The predicted octanol–water partition coefficient (Wildman–Crippen LogP) is 1.73. The van der Waals surface area contributed by atoms with Gasteiger partial charge in [0.15, 0.2) is 5.96 Å². The van der Waals surface area contributed by atoms with E-state index >= 15 is 0 Å². The molecule has 1 amide bonds. The van der Waals surface area contributed by atoms with Gasteiger partial charge < -0.3 is 15.2 Å². The third-order valence-corrected chi connectivity index (χ3v) is 5.11. The number of fused-ring (bicyclic) bond motifs is 1. The number of amides is 1. The minimum absolute atomic E-state index is 0.0314. The molecule has 8 nitrogen and oxygen atoms in total. The number of aryl methyl sites for hydroxylation is 1. The smallest absolute Gasteiger partial charge is 0.235 e. The molecule has 0 aliphatic carbocycles. The van der Waals surface area contributed by atoms with Crippen LogP contribution in [0.4, 0.5) is 4.39 Å². The van der Waals surface area contributed by atoms with Gasteiger partial charge in [0.1, 0.15) is 22.9 Å². The number of nitrogens with two attached hydrogens (primary N) is 1. The highest BCUT2D eigenvalue weighted by Crippen LogP contribution is 2.44. The normalized spacial score (nSPS) is 24.5. The van der Waals surface area contributed by atoms with Crippen molar-refractivity contribution in [1.82, 2.24) is 14.9 Å². The first-order valence-corrected chi connectivity index (χ1v) is 8.89. The maximum Gasteiger partial charge on any atom is 0.235 e. The standard InChI is InChI=1S/C19H20FN5O3/c1-11-22-7-5-16(23-11)28-12-3-4-15(20)14(9-12)19-10-27-8-6-13(19)17(26)25(2)18(21)24-19/h3-5,7,9,13H,6,8,10H2,1-2H3,(H2,21,24). The lowest BCUT2D eigenvalue weighted by Gasteiger charge is -2.45. The largest absolute Gasteiger partial charge is 0.439 e. The molecular formula is C19H20FN5O3. The Morgan fingerprint density at radius 1 is 1.39 bits per heavy atom. The Labute approximate surface area is 161 Å². The van der Waals surface area contributed by atoms with Crippen LogP contribution in [0.3, 0.4) is 0 Å². The van der Waals surface area contributed by atoms with Gasteiger partial charge in [-0.25, -0.2) is 14.4 Å². The number of carbonyl (C=O) groups is 1. The molecule has 2 N–H and O–H groups in total. The highest BCUT2D eigenvalue weighted by atomic mass is 19.1. The summed E-state index contributed by atoms with van der Waals surface area (Å²) in [5.41, 5.74) is 4.94. The third-order valence-electron chi connectivity index (χ3n) is 5.11. The first-order chi connectivity index (χ1) is 13.4. The lowest BCUT2D eigenvalue weighted by molar-refractivity contribution is -0.140. The second-order valence-electron chi connectivity index (χ2n) is 6.87. The van der Waals surface area contributed by atoms with Crippen LogP contribution in [0.5, 0.6) is 11.6 Å². The quantitative estimate of drug-likeness (QED) is 0.863. The minimum Gasteiger partial charge on any atom is -0.439 e. The van der Waals surface area contributed by atoms with Gasteiger partial charge in [0, 0.05) is 31.5 Å². The molecule has 9 heteroatoms. The summed E-state index contributed by atoms with van der Waals surface area (Å²) in [5.74, 6) is 0.0179. The zero-order valence-electron chi connectivity index (χ0n) is 15.6. The number of guanidine groups is 1. The van der Waals surface area contributed by atoms with Gasteiger partial charge in [0.2, 0.25) is 11.8 Å². The summed E-state index contributed by atoms with van der Waals surface area (Å²) < 4.78 is 26.3. The summed E-state index contributed by atoms with van der Waals surface area (Å²) in [6.07, 6.45) is 2.00. The monoisotopic (exact) mass is 385 g/mol. The first kappa shape index (κ1) is 18.3. The first-order valence-electron chi connectivity index (χ1n) is 8.89. The summed E-state index contributed by atoms with van der Waals surface area (Å²) in [6, 6.07) is 5.92. The van der Waals surface area contributed by atoms with Gasteiger partial charge in [0.05, 0.1) is 12.5 Å². The average Bonchev–Trinajstić information content (AvgIpc) is 2.68. The molecule has 4 rings (SSSR count). The van der Waals surface area contributed by atoms with Gasteiger partial charge in [-0.05, 0) is 31.5 Å². The fourth-order valence-corrected chi connectivity index (χ4v) is 3.67.